The molecule has 2 aromatic rings. The van der Waals surface area contributed by atoms with Gasteiger partial charge in [0.1, 0.15) is 11.7 Å². The van der Waals surface area contributed by atoms with Crippen LogP contribution in [0.2, 0.25) is 0 Å². The van der Waals surface area contributed by atoms with Crippen LogP contribution in [0.4, 0.5) is 0 Å². The van der Waals surface area contributed by atoms with Crippen LogP contribution in [0.25, 0.3) is 0 Å². The molecule has 0 spiro atoms. The lowest BCUT2D eigenvalue weighted by Crippen LogP contribution is -2.30. The van der Waals surface area contributed by atoms with Gasteiger partial charge in [-0.05, 0) is 38.0 Å². The van der Waals surface area contributed by atoms with Crippen LogP contribution in [0.5, 0.6) is 5.75 Å². The third kappa shape index (κ3) is 6.67. The maximum Gasteiger partial charge on any atom is 0.329 e. The fourth-order valence-electron chi connectivity index (χ4n) is 2.76. The highest BCUT2D eigenvalue weighted by Gasteiger charge is 2.35. The van der Waals surface area contributed by atoms with Crippen molar-refractivity contribution < 1.29 is 18.8 Å². The minimum Gasteiger partial charge on any atom is -0.493 e. The molecule has 0 aliphatic rings. The largest absolute Gasteiger partial charge is 0.493 e. The predicted molar refractivity (Wildman–Crippen MR) is 111 cm³/mol. The van der Waals surface area contributed by atoms with E-state index in [1.165, 1.54) is 0 Å². The Bertz CT molecular complexity index is 723. The second kappa shape index (κ2) is 11.8. The molecule has 0 bridgehead atoms. The minimum atomic E-state index is -0.585. The first-order chi connectivity index (χ1) is 13.2. The van der Waals surface area contributed by atoms with E-state index in [4.69, 9.17) is 9.47 Å². The van der Waals surface area contributed by atoms with E-state index in [1.807, 2.05) is 61.5 Å². The molecule has 0 N–H and O–H groups in total. The molecule has 0 aliphatic heterocycles. The van der Waals surface area contributed by atoms with E-state index >= 15 is 0 Å². The van der Waals surface area contributed by atoms with Crippen molar-refractivity contribution >= 4 is 26.2 Å². The molecule has 0 fully saturated rings. The zero-order valence-corrected chi connectivity index (χ0v) is 17.5. The minimum absolute atomic E-state index is 0.284. The SMILES string of the molecule is CCOC(=O)C(Cc1ccccc1)C(CSc1ccccc1OCC)[PH+]=O. The average Bonchev–Trinajstić information content (AvgIpc) is 2.70. The van der Waals surface area contributed by atoms with Gasteiger partial charge in [-0.3, -0.25) is 4.79 Å². The first-order valence-electron chi connectivity index (χ1n) is 9.12. The molecule has 2 rings (SSSR count). The molecule has 27 heavy (non-hydrogen) atoms. The maximum absolute atomic E-state index is 12.5. The molecule has 0 radical (unpaired) electrons. The van der Waals surface area contributed by atoms with Crippen LogP contribution in [0.15, 0.2) is 59.5 Å². The lowest BCUT2D eigenvalue weighted by atomic mass is 9.96. The number of hydrogen-bond acceptors (Lipinski definition) is 5. The summed E-state index contributed by atoms with van der Waals surface area (Å²) in [4.78, 5) is 13.5. The van der Waals surface area contributed by atoms with Gasteiger partial charge in [0.2, 0.25) is 0 Å². The Balaban J connectivity index is 2.14. The van der Waals surface area contributed by atoms with Gasteiger partial charge in [-0.2, -0.15) is 0 Å². The van der Waals surface area contributed by atoms with Crippen LogP contribution < -0.4 is 4.74 Å². The molecule has 4 nitrogen and oxygen atoms in total. The van der Waals surface area contributed by atoms with Crippen LogP contribution in [-0.2, 0) is 20.5 Å². The van der Waals surface area contributed by atoms with E-state index in [9.17, 15) is 9.36 Å². The van der Waals surface area contributed by atoms with Crippen LogP contribution in [0, 0.1) is 5.92 Å². The number of benzene rings is 2. The molecule has 0 amide bonds. The Hall–Kier alpha value is -1.84. The Morgan fingerprint density at radius 1 is 1.04 bits per heavy atom. The summed E-state index contributed by atoms with van der Waals surface area (Å²) in [6, 6.07) is 17.6. The van der Waals surface area contributed by atoms with Gasteiger partial charge in [0.05, 0.1) is 13.2 Å². The molecule has 3 atom stereocenters. The van der Waals surface area contributed by atoms with Crippen LogP contribution in [0.1, 0.15) is 19.4 Å². The topological polar surface area (TPSA) is 52.6 Å². The highest BCUT2D eigenvalue weighted by atomic mass is 32.2. The quantitative estimate of drug-likeness (QED) is 0.299. The number of hydrogen-bond donors (Lipinski definition) is 0. The van der Waals surface area contributed by atoms with Gasteiger partial charge >= 0.3 is 14.4 Å². The van der Waals surface area contributed by atoms with Crippen molar-refractivity contribution in [1.82, 2.24) is 0 Å². The fraction of sp³-hybridized carbons (Fsp3) is 0.381. The van der Waals surface area contributed by atoms with Crippen LogP contribution in [0.3, 0.4) is 0 Å². The van der Waals surface area contributed by atoms with E-state index in [0.29, 0.717) is 25.4 Å². The predicted octanol–water partition coefficient (Wildman–Crippen LogP) is 4.99. The van der Waals surface area contributed by atoms with Crippen molar-refractivity contribution in [3.63, 3.8) is 0 Å². The number of esters is 1. The van der Waals surface area contributed by atoms with E-state index in [1.54, 1.807) is 18.7 Å². The van der Waals surface area contributed by atoms with E-state index in [2.05, 4.69) is 0 Å². The van der Waals surface area contributed by atoms with Gasteiger partial charge in [0.15, 0.2) is 5.66 Å². The normalized spacial score (nSPS) is 13.1. The van der Waals surface area contributed by atoms with Gasteiger partial charge in [-0.25, -0.2) is 0 Å². The molecule has 3 unspecified atom stereocenters. The van der Waals surface area contributed by atoms with Gasteiger partial charge in [-0.15, -0.1) is 11.8 Å². The van der Waals surface area contributed by atoms with Gasteiger partial charge < -0.3 is 9.47 Å². The first-order valence-corrected chi connectivity index (χ1v) is 11.1. The fourth-order valence-corrected chi connectivity index (χ4v) is 4.74. The standard InChI is InChI=1S/C21H25O4PS/c1-3-24-18-12-8-9-13-20(18)27-15-19(26-23)17(21(22)25-4-2)14-16-10-6-5-7-11-16/h5-13,17,19H,3-4,14-15H2,1-2H3/p+1. The summed E-state index contributed by atoms with van der Waals surface area (Å²) >= 11 is 1.57. The molecule has 6 heteroatoms. The molecule has 0 aliphatic carbocycles. The van der Waals surface area contributed by atoms with Crippen molar-refractivity contribution in [3.05, 3.63) is 60.2 Å². The molecule has 0 saturated heterocycles. The number of para-hydroxylation sites is 1. The maximum atomic E-state index is 12.5. The van der Waals surface area contributed by atoms with Crippen molar-refractivity contribution in [1.29, 1.82) is 0 Å². The lowest BCUT2D eigenvalue weighted by Gasteiger charge is -2.17. The van der Waals surface area contributed by atoms with E-state index in [-0.39, 0.29) is 11.6 Å². The summed E-state index contributed by atoms with van der Waals surface area (Å²) in [5, 5.41) is 0. The van der Waals surface area contributed by atoms with Gasteiger partial charge in [0, 0.05) is 10.6 Å². The smallest absolute Gasteiger partial charge is 0.329 e. The Kier molecular flexibility index (Phi) is 9.37. The number of thioether (sulfide) groups is 1. The summed E-state index contributed by atoms with van der Waals surface area (Å²) in [5.41, 5.74) is 0.752. The second-order valence-electron chi connectivity index (χ2n) is 5.96. The molecule has 0 aromatic heterocycles. The van der Waals surface area contributed by atoms with Crippen molar-refractivity contribution in [2.45, 2.75) is 30.8 Å². The highest BCUT2D eigenvalue weighted by molar-refractivity contribution is 7.99. The zero-order valence-electron chi connectivity index (χ0n) is 15.7. The molecule has 0 saturated carbocycles. The number of rotatable bonds is 11. The molecular weight excluding hydrogens is 379 g/mol. The number of carbonyl (C=O) groups excluding carboxylic acids is 1. The molecule has 144 valence electrons. The van der Waals surface area contributed by atoms with Gasteiger partial charge in [-0.1, -0.05) is 47.0 Å². The third-order valence-electron chi connectivity index (χ3n) is 4.09. The van der Waals surface area contributed by atoms with Crippen molar-refractivity contribution in [2.24, 2.45) is 5.92 Å². The summed E-state index contributed by atoms with van der Waals surface area (Å²) < 4.78 is 22.9. The Labute approximate surface area is 166 Å². The summed E-state index contributed by atoms with van der Waals surface area (Å²) in [5.74, 6) is 0.652. The second-order valence-corrected chi connectivity index (χ2v) is 8.00. The number of ether oxygens (including phenoxy) is 2. The van der Waals surface area contributed by atoms with Crippen LogP contribution in [-0.4, -0.2) is 30.6 Å². The van der Waals surface area contributed by atoms with Crippen molar-refractivity contribution in [3.8, 4) is 5.75 Å². The Morgan fingerprint density at radius 3 is 2.41 bits per heavy atom. The monoisotopic (exact) mass is 405 g/mol. The number of carbonyl (C=O) groups is 1. The first kappa shape index (κ1) is 21.5. The van der Waals surface area contributed by atoms with Gasteiger partial charge in [0.25, 0.3) is 0 Å². The summed E-state index contributed by atoms with van der Waals surface area (Å²) in [7, 11) is -0.585. The zero-order chi connectivity index (χ0) is 19.5. The summed E-state index contributed by atoms with van der Waals surface area (Å²) in [6.45, 7) is 4.64. The Morgan fingerprint density at radius 2 is 1.74 bits per heavy atom. The average molecular weight is 405 g/mol. The molecule has 0 heterocycles. The molecular formula is C21H26O4PS+. The highest BCUT2D eigenvalue weighted by Crippen LogP contribution is 2.34. The van der Waals surface area contributed by atoms with E-state index in [0.717, 1.165) is 16.2 Å². The molecule has 2 aromatic carbocycles. The van der Waals surface area contributed by atoms with Crippen molar-refractivity contribution in [2.75, 3.05) is 19.0 Å². The van der Waals surface area contributed by atoms with Crippen LogP contribution >= 0.6 is 20.2 Å². The van der Waals surface area contributed by atoms with E-state index < -0.39 is 14.4 Å². The summed E-state index contributed by atoms with van der Waals surface area (Å²) in [6.07, 6.45) is 0.521. The lowest BCUT2D eigenvalue weighted by molar-refractivity contribution is -0.147. The third-order valence-corrected chi connectivity index (χ3v) is 6.47.